The smallest absolute Gasteiger partial charge is 0.0336 e. The van der Waals surface area contributed by atoms with E-state index in [0.29, 0.717) is 5.38 Å². The number of hydrogen-bond donors (Lipinski definition) is 0. The van der Waals surface area contributed by atoms with E-state index < -0.39 is 0 Å². The van der Waals surface area contributed by atoms with Gasteiger partial charge in [-0.2, -0.15) is 0 Å². The molecule has 1 fully saturated rings. The second-order valence-electron chi connectivity index (χ2n) is 2.24. The Morgan fingerprint density at radius 1 is 1.00 bits per heavy atom. The maximum absolute atomic E-state index is 6.00. The van der Waals surface area contributed by atoms with Crippen LogP contribution >= 0.6 is 11.6 Å². The Hall–Kier alpha value is -0.290. The van der Waals surface area contributed by atoms with Gasteiger partial charge in [0, 0.05) is 16.2 Å². The zero-order valence-corrected chi connectivity index (χ0v) is 6.14. The molecule has 1 aliphatic carbocycles. The average molecular weight is 147 g/mol. The topological polar surface area (TPSA) is 47.6 Å². The van der Waals surface area contributed by atoms with Crippen LogP contribution in [0.2, 0.25) is 0 Å². The zero-order valence-electron chi connectivity index (χ0n) is 5.39. The number of halogens is 1. The van der Waals surface area contributed by atoms with Crippen LogP contribution in [0.1, 0.15) is 32.1 Å². The van der Waals surface area contributed by atoms with Crippen molar-refractivity contribution in [3.8, 4) is 0 Å². The Morgan fingerprint density at radius 3 is 1.67 bits per heavy atom. The minimum atomic E-state index is 0.508. The monoisotopic (exact) mass is 146 g/mol. The summed E-state index contributed by atoms with van der Waals surface area (Å²) < 4.78 is 0. The summed E-state index contributed by atoms with van der Waals surface area (Å²) in [6.45, 7) is 0. The van der Waals surface area contributed by atoms with Crippen molar-refractivity contribution in [1.29, 1.82) is 10.8 Å². The van der Waals surface area contributed by atoms with Gasteiger partial charge in [0.1, 0.15) is 0 Å². The number of alkyl halides is 1. The van der Waals surface area contributed by atoms with Crippen LogP contribution in [0.15, 0.2) is 0 Å². The van der Waals surface area contributed by atoms with E-state index in [1.165, 1.54) is 32.1 Å². The van der Waals surface area contributed by atoms with Gasteiger partial charge < -0.3 is 0 Å². The third-order valence-corrected chi connectivity index (χ3v) is 1.97. The fourth-order valence-corrected chi connectivity index (χ4v) is 1.36. The molecule has 0 spiro atoms. The molecule has 9 heavy (non-hydrogen) atoms. The fraction of sp³-hybridized carbons (Fsp3) is 1.00. The molecule has 1 aliphatic rings. The lowest BCUT2D eigenvalue weighted by molar-refractivity contribution is 0.511. The van der Waals surface area contributed by atoms with Gasteiger partial charge in [-0.3, -0.25) is 0 Å². The predicted molar refractivity (Wildman–Crippen MR) is 36.2 cm³/mol. The molecule has 0 aromatic carbocycles. The maximum Gasteiger partial charge on any atom is 0.0336 e. The van der Waals surface area contributed by atoms with Crippen LogP contribution in [-0.2, 0) is 0 Å². The number of hydrogen-bond acceptors (Lipinski definition) is 2. The lowest BCUT2D eigenvalue weighted by Crippen LogP contribution is -2.03. The van der Waals surface area contributed by atoms with E-state index in [4.69, 9.17) is 22.4 Å². The van der Waals surface area contributed by atoms with Gasteiger partial charge in [-0.15, -0.1) is 11.6 Å². The Kier molecular flexibility index (Phi) is 5.65. The first kappa shape index (κ1) is 8.71. The summed E-state index contributed by atoms with van der Waals surface area (Å²) >= 11 is 5.82. The molecule has 0 aliphatic heterocycles. The highest BCUT2D eigenvalue weighted by atomic mass is 35.5. The van der Waals surface area contributed by atoms with E-state index >= 15 is 0 Å². The first-order valence-corrected chi connectivity index (χ1v) is 3.67. The second-order valence-corrected chi connectivity index (χ2v) is 2.85. The average Bonchev–Trinajstić information content (AvgIpc) is 1.94. The first-order valence-electron chi connectivity index (χ1n) is 3.23. The molecule has 0 aromatic rings. The van der Waals surface area contributed by atoms with Gasteiger partial charge in [0.05, 0.1) is 0 Å². The van der Waals surface area contributed by atoms with Crippen molar-refractivity contribution >= 4 is 11.6 Å². The van der Waals surface area contributed by atoms with Crippen LogP contribution in [0.3, 0.4) is 0 Å². The molecule has 0 aromatic heterocycles. The maximum atomic E-state index is 6.00. The highest BCUT2D eigenvalue weighted by molar-refractivity contribution is 6.20. The van der Waals surface area contributed by atoms with Gasteiger partial charge >= 0.3 is 0 Å². The Morgan fingerprint density at radius 2 is 1.44 bits per heavy atom. The summed E-state index contributed by atoms with van der Waals surface area (Å²) in [7, 11) is 0. The summed E-state index contributed by atoms with van der Waals surface area (Å²) in [5, 5.41) is 12.5. The second kappa shape index (κ2) is 5.84. The molecule has 0 saturated heterocycles. The third-order valence-electron chi connectivity index (χ3n) is 1.53. The molecule has 3 heteroatoms. The molecular formula is C6H11ClN2. The molecule has 1 rings (SSSR count). The van der Waals surface area contributed by atoms with Crippen molar-refractivity contribution in [2.75, 3.05) is 0 Å². The normalized spacial score (nSPS) is 19.9. The molecular weight excluding hydrogens is 136 g/mol. The molecule has 0 atom stereocenters. The van der Waals surface area contributed by atoms with Crippen LogP contribution < -0.4 is 0 Å². The van der Waals surface area contributed by atoms with Crippen molar-refractivity contribution in [3.63, 3.8) is 0 Å². The Balaban J connectivity index is 0.000000291. The van der Waals surface area contributed by atoms with Crippen molar-refractivity contribution in [3.05, 3.63) is 0 Å². The number of nitrogens with zero attached hydrogens (tertiary/aromatic N) is 2. The fourth-order valence-electron chi connectivity index (χ4n) is 1.05. The van der Waals surface area contributed by atoms with E-state index in [1.54, 1.807) is 0 Å². The third kappa shape index (κ3) is 4.23. The van der Waals surface area contributed by atoms with Crippen molar-refractivity contribution in [2.24, 2.45) is 0 Å². The van der Waals surface area contributed by atoms with Crippen LogP contribution in [0.5, 0.6) is 0 Å². The molecule has 0 bridgehead atoms. The molecule has 1 saturated carbocycles. The predicted octanol–water partition coefficient (Wildman–Crippen LogP) is 2.59. The van der Waals surface area contributed by atoms with E-state index in [9.17, 15) is 0 Å². The first-order chi connectivity index (χ1) is 4.39. The van der Waals surface area contributed by atoms with Gasteiger partial charge in [-0.1, -0.05) is 19.3 Å². The van der Waals surface area contributed by atoms with E-state index in [-0.39, 0.29) is 0 Å². The molecule has 2 nitrogen and oxygen atoms in total. The van der Waals surface area contributed by atoms with Gasteiger partial charge in [0.25, 0.3) is 0 Å². The summed E-state index contributed by atoms with van der Waals surface area (Å²) in [6, 6.07) is 0. The highest BCUT2D eigenvalue weighted by Crippen LogP contribution is 2.21. The summed E-state index contributed by atoms with van der Waals surface area (Å²) in [5.41, 5.74) is 0. The van der Waals surface area contributed by atoms with Crippen LogP contribution in [-0.4, -0.2) is 5.38 Å². The van der Waals surface area contributed by atoms with Gasteiger partial charge in [-0.05, 0) is 12.8 Å². The molecule has 0 radical (unpaired) electrons. The van der Waals surface area contributed by atoms with Crippen LogP contribution in [0, 0.1) is 10.8 Å². The summed E-state index contributed by atoms with van der Waals surface area (Å²) in [4.78, 5) is 0. The van der Waals surface area contributed by atoms with Gasteiger partial charge in [-0.25, -0.2) is 0 Å². The lowest BCUT2D eigenvalue weighted by Gasteiger charge is -2.13. The van der Waals surface area contributed by atoms with Crippen LogP contribution in [0.4, 0.5) is 0 Å². The zero-order chi connectivity index (χ0) is 7.11. The minimum absolute atomic E-state index is 0.508. The Bertz CT molecular complexity index is 76.4. The van der Waals surface area contributed by atoms with Crippen LogP contribution in [0.25, 0.3) is 0 Å². The number of rotatable bonds is 0. The van der Waals surface area contributed by atoms with E-state index in [0.717, 1.165) is 0 Å². The minimum Gasteiger partial charge on any atom is -0.123 e. The summed E-state index contributed by atoms with van der Waals surface area (Å²) in [5.74, 6) is 0. The lowest BCUT2D eigenvalue weighted by atomic mass is 10.0. The highest BCUT2D eigenvalue weighted by Gasteiger charge is 2.08. The molecule has 0 heterocycles. The van der Waals surface area contributed by atoms with Gasteiger partial charge in [0.15, 0.2) is 0 Å². The molecule has 0 N–H and O–H groups in total. The van der Waals surface area contributed by atoms with Crippen molar-refractivity contribution in [2.45, 2.75) is 37.5 Å². The molecule has 0 amide bonds. The van der Waals surface area contributed by atoms with Crippen molar-refractivity contribution in [1.82, 2.24) is 0 Å². The Labute approximate surface area is 60.6 Å². The summed E-state index contributed by atoms with van der Waals surface area (Å²) in [6.07, 6.45) is 6.62. The van der Waals surface area contributed by atoms with E-state index in [2.05, 4.69) is 0 Å². The van der Waals surface area contributed by atoms with E-state index in [1.807, 2.05) is 0 Å². The van der Waals surface area contributed by atoms with Gasteiger partial charge in [0.2, 0.25) is 0 Å². The molecule has 52 valence electrons. The van der Waals surface area contributed by atoms with Crippen molar-refractivity contribution < 1.29 is 0 Å². The SMILES string of the molecule is ClC1CCCCC1.N#N. The largest absolute Gasteiger partial charge is 0.123 e. The molecule has 0 unspecified atom stereocenters. The quantitative estimate of drug-likeness (QED) is 0.390. The standard InChI is InChI=1S/C6H11Cl.N2/c7-6-4-2-1-3-5-6;1-2/h6H,1-5H2;.